The molecule has 1 atom stereocenters. The maximum Gasteiger partial charge on any atom is 0.333 e. The molecule has 4 rings (SSSR count). The average Bonchev–Trinajstić information content (AvgIpc) is 2.82. The van der Waals surface area contributed by atoms with Gasteiger partial charge in [-0.15, -0.1) is 0 Å². The fourth-order valence-corrected chi connectivity index (χ4v) is 3.98. The van der Waals surface area contributed by atoms with Crippen molar-refractivity contribution in [2.75, 3.05) is 38.8 Å². The number of carbonyl (C=O) groups is 1. The van der Waals surface area contributed by atoms with Crippen molar-refractivity contribution < 1.29 is 19.4 Å². The van der Waals surface area contributed by atoms with Gasteiger partial charge < -0.3 is 24.8 Å². The van der Waals surface area contributed by atoms with Gasteiger partial charge in [-0.1, -0.05) is 6.07 Å². The summed E-state index contributed by atoms with van der Waals surface area (Å²) >= 11 is 0. The lowest BCUT2D eigenvalue weighted by Crippen LogP contribution is -2.29. The third kappa shape index (κ3) is 4.50. The molecule has 2 aliphatic rings. The van der Waals surface area contributed by atoms with Crippen LogP contribution in [-0.2, 0) is 4.79 Å². The van der Waals surface area contributed by atoms with Crippen molar-refractivity contribution in [3.8, 4) is 11.5 Å². The molecule has 2 aliphatic heterocycles. The SMILES string of the molecule is COc1ccc(N(C)c2ccc3c(c2)OCC[C@H]3CNC2=C(C(=O)O)CCN=C2)cc1. The van der Waals surface area contributed by atoms with E-state index in [0.29, 0.717) is 37.4 Å². The van der Waals surface area contributed by atoms with Crippen LogP contribution in [0.4, 0.5) is 11.4 Å². The molecule has 7 heteroatoms. The number of nitrogens with zero attached hydrogens (tertiary/aromatic N) is 2. The Labute approximate surface area is 182 Å². The quantitative estimate of drug-likeness (QED) is 0.709. The molecule has 0 bridgehead atoms. The molecule has 2 aromatic carbocycles. The van der Waals surface area contributed by atoms with Crippen LogP contribution in [0.3, 0.4) is 0 Å². The molecule has 0 aliphatic carbocycles. The van der Waals surface area contributed by atoms with Crippen molar-refractivity contribution >= 4 is 23.6 Å². The van der Waals surface area contributed by atoms with E-state index in [-0.39, 0.29) is 5.92 Å². The van der Waals surface area contributed by atoms with Gasteiger partial charge in [-0.2, -0.15) is 0 Å². The molecule has 162 valence electrons. The number of carboxylic acid groups (broad SMARTS) is 1. The fourth-order valence-electron chi connectivity index (χ4n) is 3.98. The normalized spacial score (nSPS) is 17.5. The number of benzene rings is 2. The number of dihydropyridines is 1. The van der Waals surface area contributed by atoms with Crippen molar-refractivity contribution in [2.24, 2.45) is 4.99 Å². The number of nitrogens with one attached hydrogen (secondary N) is 1. The highest BCUT2D eigenvalue weighted by Gasteiger charge is 2.24. The molecule has 0 fully saturated rings. The van der Waals surface area contributed by atoms with E-state index < -0.39 is 5.97 Å². The molecular weight excluding hydrogens is 394 g/mol. The summed E-state index contributed by atoms with van der Waals surface area (Å²) in [5.74, 6) is 1.06. The zero-order valence-corrected chi connectivity index (χ0v) is 17.8. The standard InChI is InChI=1S/C24H27N3O4/c1-27(17-3-6-19(30-2)7-4-17)18-5-8-20-16(10-12-31-23(20)13-18)14-26-22-15-25-11-9-21(22)24(28)29/h3-8,13,15-16,26H,9-12,14H2,1-2H3,(H,28,29)/t16-/m0/s1. The first-order chi connectivity index (χ1) is 15.1. The van der Waals surface area contributed by atoms with Gasteiger partial charge >= 0.3 is 5.97 Å². The van der Waals surface area contributed by atoms with Gasteiger partial charge in [0.05, 0.1) is 25.0 Å². The van der Waals surface area contributed by atoms with E-state index >= 15 is 0 Å². The van der Waals surface area contributed by atoms with Crippen LogP contribution in [0.1, 0.15) is 24.3 Å². The van der Waals surface area contributed by atoms with Crippen LogP contribution >= 0.6 is 0 Å². The molecule has 31 heavy (non-hydrogen) atoms. The summed E-state index contributed by atoms with van der Waals surface area (Å²) in [4.78, 5) is 17.8. The molecule has 0 spiro atoms. The molecule has 2 aromatic rings. The minimum atomic E-state index is -0.882. The van der Waals surface area contributed by atoms with Gasteiger partial charge in [0.15, 0.2) is 0 Å². The summed E-state index contributed by atoms with van der Waals surface area (Å²) in [6, 6.07) is 14.2. The van der Waals surface area contributed by atoms with Crippen molar-refractivity contribution in [2.45, 2.75) is 18.8 Å². The predicted octanol–water partition coefficient (Wildman–Crippen LogP) is 3.73. The lowest BCUT2D eigenvalue weighted by Gasteiger charge is -2.29. The van der Waals surface area contributed by atoms with Crippen LogP contribution in [-0.4, -0.2) is 51.1 Å². The van der Waals surface area contributed by atoms with Gasteiger partial charge in [0, 0.05) is 56.1 Å². The summed E-state index contributed by atoms with van der Waals surface area (Å²) in [6.45, 7) is 1.80. The average molecular weight is 421 g/mol. The second kappa shape index (κ2) is 9.12. The lowest BCUT2D eigenvalue weighted by molar-refractivity contribution is -0.132. The van der Waals surface area contributed by atoms with Gasteiger partial charge in [-0.3, -0.25) is 4.99 Å². The highest BCUT2D eigenvalue weighted by atomic mass is 16.5. The number of hydrogen-bond acceptors (Lipinski definition) is 6. The molecule has 0 saturated carbocycles. The predicted molar refractivity (Wildman–Crippen MR) is 121 cm³/mol. The van der Waals surface area contributed by atoms with Gasteiger partial charge in [-0.05, 0) is 42.3 Å². The van der Waals surface area contributed by atoms with Crippen LogP contribution in [0.25, 0.3) is 0 Å². The van der Waals surface area contributed by atoms with Crippen LogP contribution < -0.4 is 19.7 Å². The van der Waals surface area contributed by atoms with Crippen LogP contribution in [0.2, 0.25) is 0 Å². The van der Waals surface area contributed by atoms with Crippen molar-refractivity contribution in [1.29, 1.82) is 0 Å². The van der Waals surface area contributed by atoms with E-state index in [1.807, 2.05) is 31.3 Å². The van der Waals surface area contributed by atoms with E-state index in [2.05, 4.69) is 33.4 Å². The molecule has 7 nitrogen and oxygen atoms in total. The third-order valence-electron chi connectivity index (χ3n) is 5.84. The molecular formula is C24H27N3O4. The summed E-state index contributed by atoms with van der Waals surface area (Å²) in [5, 5.41) is 12.7. The monoisotopic (exact) mass is 421 g/mol. The minimum Gasteiger partial charge on any atom is -0.497 e. The van der Waals surface area contributed by atoms with Gasteiger partial charge in [0.2, 0.25) is 0 Å². The first kappa shape index (κ1) is 20.8. The van der Waals surface area contributed by atoms with Crippen molar-refractivity contribution in [1.82, 2.24) is 5.32 Å². The van der Waals surface area contributed by atoms with E-state index in [0.717, 1.165) is 34.9 Å². The highest BCUT2D eigenvalue weighted by molar-refractivity contribution is 5.96. The number of carboxylic acids is 1. The van der Waals surface area contributed by atoms with Crippen LogP contribution in [0, 0.1) is 0 Å². The second-order valence-corrected chi connectivity index (χ2v) is 7.68. The van der Waals surface area contributed by atoms with Crippen molar-refractivity contribution in [3.05, 3.63) is 59.3 Å². The Bertz CT molecular complexity index is 1010. The topological polar surface area (TPSA) is 83.4 Å². The number of fused-ring (bicyclic) bond motifs is 1. The molecule has 0 unspecified atom stereocenters. The van der Waals surface area contributed by atoms with E-state index in [1.165, 1.54) is 0 Å². The number of aliphatic carboxylic acids is 1. The van der Waals surface area contributed by atoms with Gasteiger partial charge in [0.1, 0.15) is 11.5 Å². The summed E-state index contributed by atoms with van der Waals surface area (Å²) < 4.78 is 11.2. The second-order valence-electron chi connectivity index (χ2n) is 7.68. The number of ether oxygens (including phenoxy) is 2. The zero-order chi connectivity index (χ0) is 21.8. The highest BCUT2D eigenvalue weighted by Crippen LogP contribution is 2.37. The lowest BCUT2D eigenvalue weighted by atomic mass is 9.92. The molecule has 0 radical (unpaired) electrons. The Morgan fingerprint density at radius 1 is 1.26 bits per heavy atom. The van der Waals surface area contributed by atoms with Crippen LogP contribution in [0.5, 0.6) is 11.5 Å². The Morgan fingerprint density at radius 2 is 2.03 bits per heavy atom. The number of anilines is 2. The molecule has 0 aromatic heterocycles. The third-order valence-corrected chi connectivity index (χ3v) is 5.84. The maximum atomic E-state index is 11.5. The Hall–Kier alpha value is -3.48. The first-order valence-electron chi connectivity index (χ1n) is 10.4. The summed E-state index contributed by atoms with van der Waals surface area (Å²) in [7, 11) is 3.68. The fraction of sp³-hybridized carbons (Fsp3) is 0.333. The van der Waals surface area contributed by atoms with E-state index in [9.17, 15) is 9.90 Å². The van der Waals surface area contributed by atoms with E-state index in [1.54, 1.807) is 13.3 Å². The Morgan fingerprint density at radius 3 is 2.77 bits per heavy atom. The largest absolute Gasteiger partial charge is 0.497 e. The zero-order valence-electron chi connectivity index (χ0n) is 17.8. The minimum absolute atomic E-state index is 0.238. The van der Waals surface area contributed by atoms with Crippen LogP contribution in [0.15, 0.2) is 58.7 Å². The van der Waals surface area contributed by atoms with Crippen molar-refractivity contribution in [3.63, 3.8) is 0 Å². The smallest absolute Gasteiger partial charge is 0.333 e. The number of allylic oxidation sites excluding steroid dienone is 1. The number of methoxy groups -OCH3 is 1. The first-order valence-corrected chi connectivity index (χ1v) is 10.4. The molecule has 0 saturated heterocycles. The maximum absolute atomic E-state index is 11.5. The number of hydrogen-bond donors (Lipinski definition) is 2. The molecule has 2 N–H and O–H groups in total. The van der Waals surface area contributed by atoms with E-state index in [4.69, 9.17) is 9.47 Å². The molecule has 0 amide bonds. The summed E-state index contributed by atoms with van der Waals surface area (Å²) in [5.41, 5.74) is 4.24. The number of rotatable bonds is 7. The number of aliphatic imine (C=N–C) groups is 1. The van der Waals surface area contributed by atoms with Gasteiger partial charge in [-0.25, -0.2) is 4.79 Å². The molecule has 2 heterocycles. The summed E-state index contributed by atoms with van der Waals surface area (Å²) in [6.07, 6.45) is 2.97. The Balaban J connectivity index is 1.50. The Kier molecular flexibility index (Phi) is 6.11. The van der Waals surface area contributed by atoms with Gasteiger partial charge in [0.25, 0.3) is 0 Å².